The lowest BCUT2D eigenvalue weighted by Gasteiger charge is -2.23. The van der Waals surface area contributed by atoms with Gasteiger partial charge in [0.15, 0.2) is 0 Å². The summed E-state index contributed by atoms with van der Waals surface area (Å²) in [5.74, 6) is 1.32. The second-order valence-corrected chi connectivity index (χ2v) is 5.08. The largest absolute Gasteiger partial charge is 0.497 e. The monoisotopic (exact) mass is 264 g/mol. The maximum absolute atomic E-state index is 12.2. The van der Waals surface area contributed by atoms with Crippen LogP contribution in [0.5, 0.6) is 11.5 Å². The number of ether oxygens (including phenoxy) is 2. The first-order valence-corrected chi connectivity index (χ1v) is 6.31. The SMILES string of the molecule is COc1ccc(NC(=O)C(C)(N)C2CC2)c(OC)c1. The molecule has 1 saturated carbocycles. The van der Waals surface area contributed by atoms with Crippen LogP contribution in [0.1, 0.15) is 19.8 Å². The molecule has 3 N–H and O–H groups in total. The van der Waals surface area contributed by atoms with E-state index in [4.69, 9.17) is 15.2 Å². The van der Waals surface area contributed by atoms with Crippen LogP contribution in [-0.4, -0.2) is 25.7 Å². The fraction of sp³-hybridized carbons (Fsp3) is 0.500. The van der Waals surface area contributed by atoms with Gasteiger partial charge >= 0.3 is 0 Å². The van der Waals surface area contributed by atoms with Gasteiger partial charge in [0.1, 0.15) is 11.5 Å². The van der Waals surface area contributed by atoms with Crippen LogP contribution in [0.4, 0.5) is 5.69 Å². The molecule has 1 amide bonds. The Morgan fingerprint density at radius 3 is 2.58 bits per heavy atom. The zero-order chi connectivity index (χ0) is 14.0. The van der Waals surface area contributed by atoms with E-state index in [9.17, 15) is 4.79 Å². The van der Waals surface area contributed by atoms with Gasteiger partial charge in [0.25, 0.3) is 0 Å². The molecule has 0 saturated heterocycles. The van der Waals surface area contributed by atoms with Crippen molar-refractivity contribution in [2.45, 2.75) is 25.3 Å². The predicted molar refractivity (Wildman–Crippen MR) is 73.5 cm³/mol. The van der Waals surface area contributed by atoms with Crippen LogP contribution in [0.25, 0.3) is 0 Å². The van der Waals surface area contributed by atoms with Crippen molar-refractivity contribution in [3.05, 3.63) is 18.2 Å². The molecule has 1 aromatic carbocycles. The summed E-state index contributed by atoms with van der Waals surface area (Å²) in [7, 11) is 3.13. The molecule has 5 heteroatoms. The van der Waals surface area contributed by atoms with E-state index < -0.39 is 5.54 Å². The second-order valence-electron chi connectivity index (χ2n) is 5.08. The van der Waals surface area contributed by atoms with Crippen molar-refractivity contribution in [2.24, 2.45) is 11.7 Å². The molecular formula is C14H20N2O3. The standard InChI is InChI=1S/C14H20N2O3/c1-14(15,9-4-5-9)13(17)16-11-7-6-10(18-2)8-12(11)19-3/h6-9H,4-5,15H2,1-3H3,(H,16,17). The minimum Gasteiger partial charge on any atom is -0.497 e. The number of benzene rings is 1. The summed E-state index contributed by atoms with van der Waals surface area (Å²) >= 11 is 0. The third-order valence-electron chi connectivity index (χ3n) is 3.57. The van der Waals surface area contributed by atoms with E-state index >= 15 is 0 Å². The number of hydrogen-bond donors (Lipinski definition) is 2. The number of methoxy groups -OCH3 is 2. The Morgan fingerprint density at radius 2 is 2.05 bits per heavy atom. The van der Waals surface area contributed by atoms with Gasteiger partial charge in [-0.2, -0.15) is 0 Å². The van der Waals surface area contributed by atoms with E-state index in [1.54, 1.807) is 39.3 Å². The molecule has 1 unspecified atom stereocenters. The molecule has 0 aromatic heterocycles. The van der Waals surface area contributed by atoms with Crippen molar-refractivity contribution in [1.82, 2.24) is 0 Å². The lowest BCUT2D eigenvalue weighted by molar-refractivity contribution is -0.121. The lowest BCUT2D eigenvalue weighted by atomic mass is 9.96. The van der Waals surface area contributed by atoms with Gasteiger partial charge in [0.2, 0.25) is 5.91 Å². The van der Waals surface area contributed by atoms with Crippen molar-refractivity contribution in [3.63, 3.8) is 0 Å². The second kappa shape index (κ2) is 5.09. The fourth-order valence-corrected chi connectivity index (χ4v) is 2.03. The van der Waals surface area contributed by atoms with Crippen LogP contribution in [0.3, 0.4) is 0 Å². The summed E-state index contributed by atoms with van der Waals surface area (Å²) in [6.45, 7) is 1.77. The van der Waals surface area contributed by atoms with Gasteiger partial charge in [-0.05, 0) is 37.8 Å². The zero-order valence-electron chi connectivity index (χ0n) is 11.5. The first-order valence-electron chi connectivity index (χ1n) is 6.31. The average Bonchev–Trinajstić information content (AvgIpc) is 3.23. The Balaban J connectivity index is 2.16. The van der Waals surface area contributed by atoms with Crippen molar-refractivity contribution in [2.75, 3.05) is 19.5 Å². The van der Waals surface area contributed by atoms with Crippen molar-refractivity contribution in [1.29, 1.82) is 0 Å². The number of carbonyl (C=O) groups is 1. The molecule has 0 heterocycles. The van der Waals surface area contributed by atoms with Gasteiger partial charge in [-0.15, -0.1) is 0 Å². The number of nitrogens with one attached hydrogen (secondary N) is 1. The molecule has 1 atom stereocenters. The summed E-state index contributed by atoms with van der Waals surface area (Å²) in [6, 6.07) is 5.24. The van der Waals surface area contributed by atoms with Crippen LogP contribution >= 0.6 is 0 Å². The minimum absolute atomic E-state index is 0.182. The highest BCUT2D eigenvalue weighted by Gasteiger charge is 2.44. The molecule has 0 radical (unpaired) electrons. The third-order valence-corrected chi connectivity index (χ3v) is 3.57. The van der Waals surface area contributed by atoms with Gasteiger partial charge in [-0.3, -0.25) is 4.79 Å². The van der Waals surface area contributed by atoms with E-state index in [0.717, 1.165) is 12.8 Å². The summed E-state index contributed by atoms with van der Waals surface area (Å²) in [4.78, 5) is 12.2. The quantitative estimate of drug-likeness (QED) is 0.850. The molecule has 2 rings (SSSR count). The van der Waals surface area contributed by atoms with Crippen molar-refractivity contribution in [3.8, 4) is 11.5 Å². The predicted octanol–water partition coefficient (Wildman–Crippen LogP) is 1.77. The highest BCUT2D eigenvalue weighted by atomic mass is 16.5. The minimum atomic E-state index is -0.828. The average molecular weight is 264 g/mol. The molecule has 1 aliphatic rings. The molecule has 0 bridgehead atoms. The number of hydrogen-bond acceptors (Lipinski definition) is 4. The van der Waals surface area contributed by atoms with Crippen molar-refractivity contribution < 1.29 is 14.3 Å². The van der Waals surface area contributed by atoms with E-state index in [2.05, 4.69) is 5.32 Å². The van der Waals surface area contributed by atoms with Gasteiger partial charge in [-0.25, -0.2) is 0 Å². The molecule has 19 heavy (non-hydrogen) atoms. The third kappa shape index (κ3) is 2.81. The number of amides is 1. The molecule has 0 spiro atoms. The number of carbonyl (C=O) groups excluding carboxylic acids is 1. The summed E-state index contributed by atoms with van der Waals surface area (Å²) in [5.41, 5.74) is 5.86. The highest BCUT2D eigenvalue weighted by molar-refractivity contribution is 5.99. The van der Waals surface area contributed by atoms with Crippen LogP contribution in [0, 0.1) is 5.92 Å². The lowest BCUT2D eigenvalue weighted by Crippen LogP contribution is -2.50. The molecule has 5 nitrogen and oxygen atoms in total. The summed E-state index contributed by atoms with van der Waals surface area (Å²) in [5, 5.41) is 2.83. The molecule has 0 aliphatic heterocycles. The fourth-order valence-electron chi connectivity index (χ4n) is 2.03. The maximum Gasteiger partial charge on any atom is 0.244 e. The van der Waals surface area contributed by atoms with Gasteiger partial charge in [-0.1, -0.05) is 0 Å². The van der Waals surface area contributed by atoms with E-state index in [0.29, 0.717) is 17.2 Å². The Hall–Kier alpha value is -1.75. The number of anilines is 1. The van der Waals surface area contributed by atoms with Crippen molar-refractivity contribution >= 4 is 11.6 Å². The molecular weight excluding hydrogens is 244 g/mol. The Morgan fingerprint density at radius 1 is 1.37 bits per heavy atom. The smallest absolute Gasteiger partial charge is 0.244 e. The van der Waals surface area contributed by atoms with Crippen LogP contribution in [-0.2, 0) is 4.79 Å². The Kier molecular flexibility index (Phi) is 3.66. The van der Waals surface area contributed by atoms with E-state index in [1.807, 2.05) is 0 Å². The van der Waals surface area contributed by atoms with Gasteiger partial charge < -0.3 is 20.5 Å². The molecule has 1 aromatic rings. The van der Waals surface area contributed by atoms with E-state index in [1.165, 1.54) is 0 Å². The van der Waals surface area contributed by atoms with E-state index in [-0.39, 0.29) is 11.8 Å². The summed E-state index contributed by atoms with van der Waals surface area (Å²) in [6.07, 6.45) is 2.03. The first-order chi connectivity index (χ1) is 8.98. The van der Waals surface area contributed by atoms with Gasteiger partial charge in [0, 0.05) is 6.07 Å². The topological polar surface area (TPSA) is 73.6 Å². The van der Waals surface area contributed by atoms with Crippen LogP contribution < -0.4 is 20.5 Å². The number of rotatable bonds is 5. The Bertz CT molecular complexity index is 482. The maximum atomic E-state index is 12.2. The first kappa shape index (κ1) is 13.7. The van der Waals surface area contributed by atoms with Gasteiger partial charge in [0.05, 0.1) is 25.4 Å². The number of nitrogens with two attached hydrogens (primary N) is 1. The normalized spacial score (nSPS) is 17.5. The van der Waals surface area contributed by atoms with Crippen LogP contribution in [0.15, 0.2) is 18.2 Å². The molecule has 104 valence electrons. The highest BCUT2D eigenvalue weighted by Crippen LogP contribution is 2.39. The Labute approximate surface area is 113 Å². The molecule has 1 fully saturated rings. The zero-order valence-corrected chi connectivity index (χ0v) is 11.5. The summed E-state index contributed by atoms with van der Waals surface area (Å²) < 4.78 is 10.4. The van der Waals surface area contributed by atoms with Crippen LogP contribution in [0.2, 0.25) is 0 Å². The molecule has 1 aliphatic carbocycles.